The molecule has 0 unspecified atom stereocenters. The molecule has 1 amide bonds. The van der Waals surface area contributed by atoms with E-state index in [9.17, 15) is 9.59 Å². The van der Waals surface area contributed by atoms with Crippen LogP contribution in [0.3, 0.4) is 0 Å². The summed E-state index contributed by atoms with van der Waals surface area (Å²) in [5.41, 5.74) is 3.28. The first-order valence-electron chi connectivity index (χ1n) is 7.29. The van der Waals surface area contributed by atoms with Crippen molar-refractivity contribution in [3.8, 4) is 11.1 Å². The molecule has 0 fully saturated rings. The Hall–Kier alpha value is -3.14. The molecule has 0 atom stereocenters. The molecule has 0 spiro atoms. The van der Waals surface area contributed by atoms with Gasteiger partial charge in [0.15, 0.2) is 0 Å². The number of carbonyl (C=O) groups is 1. The lowest BCUT2D eigenvalue weighted by Gasteiger charge is -2.07. The van der Waals surface area contributed by atoms with E-state index >= 15 is 0 Å². The van der Waals surface area contributed by atoms with Gasteiger partial charge in [0.2, 0.25) is 0 Å². The molecule has 1 aromatic heterocycles. The van der Waals surface area contributed by atoms with Crippen LogP contribution in [0.5, 0.6) is 0 Å². The number of H-pyrrole nitrogens is 1. The molecule has 0 radical (unpaired) electrons. The van der Waals surface area contributed by atoms with Gasteiger partial charge in [-0.15, -0.1) is 0 Å². The molecule has 0 aliphatic rings. The van der Waals surface area contributed by atoms with E-state index in [0.29, 0.717) is 16.8 Å². The van der Waals surface area contributed by atoms with Crippen LogP contribution in [0.25, 0.3) is 11.1 Å². The van der Waals surface area contributed by atoms with E-state index < -0.39 is 0 Å². The third-order valence-electron chi connectivity index (χ3n) is 3.56. The Morgan fingerprint density at radius 1 is 1.00 bits per heavy atom. The number of aromatic amines is 1. The molecule has 23 heavy (non-hydrogen) atoms. The van der Waals surface area contributed by atoms with E-state index in [0.717, 1.165) is 11.1 Å². The van der Waals surface area contributed by atoms with Crippen LogP contribution in [-0.2, 0) is 0 Å². The summed E-state index contributed by atoms with van der Waals surface area (Å²) in [6.07, 6.45) is 1.43. The zero-order valence-electron chi connectivity index (χ0n) is 12.7. The van der Waals surface area contributed by atoms with Gasteiger partial charge in [-0.05, 0) is 30.7 Å². The maximum Gasteiger partial charge on any atom is 0.257 e. The summed E-state index contributed by atoms with van der Waals surface area (Å²) < 4.78 is 0. The van der Waals surface area contributed by atoms with Crippen molar-refractivity contribution >= 4 is 11.6 Å². The normalized spacial score (nSPS) is 10.3. The minimum atomic E-state index is -0.262. The molecule has 0 saturated carbocycles. The maximum absolute atomic E-state index is 12.4. The molecular weight excluding hydrogens is 288 g/mol. The van der Waals surface area contributed by atoms with Crippen molar-refractivity contribution in [2.24, 2.45) is 0 Å². The van der Waals surface area contributed by atoms with E-state index in [1.807, 2.05) is 61.5 Å². The Kier molecular flexibility index (Phi) is 4.06. The smallest absolute Gasteiger partial charge is 0.257 e. The minimum absolute atomic E-state index is 0.219. The molecule has 3 rings (SSSR count). The van der Waals surface area contributed by atoms with Crippen LogP contribution in [0, 0.1) is 6.92 Å². The molecule has 4 nitrogen and oxygen atoms in total. The van der Waals surface area contributed by atoms with Gasteiger partial charge in [0.1, 0.15) is 0 Å². The molecule has 2 aromatic carbocycles. The highest BCUT2D eigenvalue weighted by atomic mass is 16.1. The van der Waals surface area contributed by atoms with Crippen LogP contribution < -0.4 is 10.9 Å². The summed E-state index contributed by atoms with van der Waals surface area (Å²) >= 11 is 0. The first kappa shape index (κ1) is 14.8. The highest BCUT2D eigenvalue weighted by Crippen LogP contribution is 2.16. The van der Waals surface area contributed by atoms with Gasteiger partial charge < -0.3 is 10.3 Å². The van der Waals surface area contributed by atoms with Crippen molar-refractivity contribution in [2.75, 3.05) is 5.32 Å². The largest absolute Gasteiger partial charge is 0.328 e. The van der Waals surface area contributed by atoms with Crippen LogP contribution in [0.2, 0.25) is 0 Å². The Balaban J connectivity index is 1.90. The van der Waals surface area contributed by atoms with Crippen LogP contribution in [0.15, 0.2) is 71.7 Å². The van der Waals surface area contributed by atoms with Crippen molar-refractivity contribution < 1.29 is 4.79 Å². The summed E-state index contributed by atoms with van der Waals surface area (Å²) in [6.45, 7) is 1.99. The Labute approximate surface area is 133 Å². The SMILES string of the molecule is Cc1ccc(NC(=O)c2c[nH]c(=O)c(-c3ccccc3)c2)cc1. The molecule has 1 heterocycles. The molecule has 0 saturated heterocycles. The zero-order valence-corrected chi connectivity index (χ0v) is 12.7. The number of nitrogens with one attached hydrogen (secondary N) is 2. The van der Waals surface area contributed by atoms with Crippen molar-refractivity contribution in [2.45, 2.75) is 6.92 Å². The number of aromatic nitrogens is 1. The molecule has 0 aliphatic heterocycles. The standard InChI is InChI=1S/C19H16N2O2/c1-13-7-9-16(10-8-13)21-18(22)15-11-17(19(23)20-12-15)14-5-3-2-4-6-14/h2-12H,1H3,(H,20,23)(H,21,22). The fourth-order valence-corrected chi connectivity index (χ4v) is 2.29. The summed E-state index contributed by atoms with van der Waals surface area (Å²) in [5.74, 6) is -0.262. The summed E-state index contributed by atoms with van der Waals surface area (Å²) in [4.78, 5) is 27.0. The number of amides is 1. The lowest BCUT2D eigenvalue weighted by Crippen LogP contribution is -2.16. The number of anilines is 1. The van der Waals surface area contributed by atoms with E-state index in [4.69, 9.17) is 0 Å². The van der Waals surface area contributed by atoms with E-state index in [1.165, 1.54) is 6.20 Å². The topological polar surface area (TPSA) is 62.0 Å². The van der Waals surface area contributed by atoms with Gasteiger partial charge >= 0.3 is 0 Å². The molecule has 2 N–H and O–H groups in total. The van der Waals surface area contributed by atoms with E-state index in [-0.39, 0.29) is 11.5 Å². The molecule has 114 valence electrons. The Bertz CT molecular complexity index is 881. The van der Waals surface area contributed by atoms with Gasteiger partial charge in [0.25, 0.3) is 11.5 Å². The van der Waals surface area contributed by atoms with Crippen LogP contribution in [-0.4, -0.2) is 10.9 Å². The molecule has 0 aliphatic carbocycles. The quantitative estimate of drug-likeness (QED) is 0.776. The average molecular weight is 304 g/mol. The molecule has 3 aromatic rings. The highest BCUT2D eigenvalue weighted by Gasteiger charge is 2.10. The first-order chi connectivity index (χ1) is 11.1. The number of carbonyl (C=O) groups excluding carboxylic acids is 1. The lowest BCUT2D eigenvalue weighted by atomic mass is 10.1. The molecular formula is C19H16N2O2. The van der Waals surface area contributed by atoms with Gasteiger partial charge in [0.05, 0.1) is 5.56 Å². The second kappa shape index (κ2) is 6.32. The second-order valence-corrected chi connectivity index (χ2v) is 5.32. The predicted octanol–water partition coefficient (Wildman–Crippen LogP) is 3.60. The number of hydrogen-bond donors (Lipinski definition) is 2. The van der Waals surface area contributed by atoms with E-state index in [2.05, 4.69) is 10.3 Å². The third kappa shape index (κ3) is 3.37. The monoisotopic (exact) mass is 304 g/mol. The number of benzene rings is 2. The number of aryl methyl sites for hydroxylation is 1. The van der Waals surface area contributed by atoms with Gasteiger partial charge in [0, 0.05) is 17.4 Å². The second-order valence-electron chi connectivity index (χ2n) is 5.32. The lowest BCUT2D eigenvalue weighted by molar-refractivity contribution is 0.102. The van der Waals surface area contributed by atoms with Crippen LogP contribution >= 0.6 is 0 Å². The summed E-state index contributed by atoms with van der Waals surface area (Å²) in [7, 11) is 0. The summed E-state index contributed by atoms with van der Waals surface area (Å²) in [6, 6.07) is 18.4. The van der Waals surface area contributed by atoms with Gasteiger partial charge in [-0.1, -0.05) is 48.0 Å². The van der Waals surface area contributed by atoms with Crippen LogP contribution in [0.1, 0.15) is 15.9 Å². The minimum Gasteiger partial charge on any atom is -0.328 e. The molecule has 4 heteroatoms. The Morgan fingerprint density at radius 2 is 1.70 bits per heavy atom. The fourth-order valence-electron chi connectivity index (χ4n) is 2.29. The van der Waals surface area contributed by atoms with E-state index in [1.54, 1.807) is 6.07 Å². The third-order valence-corrected chi connectivity index (χ3v) is 3.56. The number of rotatable bonds is 3. The maximum atomic E-state index is 12.4. The van der Waals surface area contributed by atoms with Crippen molar-refractivity contribution in [1.82, 2.24) is 4.98 Å². The fraction of sp³-hybridized carbons (Fsp3) is 0.0526. The number of pyridine rings is 1. The predicted molar refractivity (Wildman–Crippen MR) is 91.6 cm³/mol. The van der Waals surface area contributed by atoms with Crippen LogP contribution in [0.4, 0.5) is 5.69 Å². The Morgan fingerprint density at radius 3 is 2.39 bits per heavy atom. The highest BCUT2D eigenvalue weighted by molar-refractivity contribution is 6.04. The van der Waals surface area contributed by atoms with Crippen molar-refractivity contribution in [1.29, 1.82) is 0 Å². The average Bonchev–Trinajstić information content (AvgIpc) is 2.58. The zero-order chi connectivity index (χ0) is 16.2. The molecule has 0 bridgehead atoms. The van der Waals surface area contributed by atoms with Crippen molar-refractivity contribution in [3.63, 3.8) is 0 Å². The van der Waals surface area contributed by atoms with Crippen molar-refractivity contribution in [3.05, 3.63) is 88.3 Å². The van der Waals surface area contributed by atoms with Gasteiger partial charge in [-0.2, -0.15) is 0 Å². The van der Waals surface area contributed by atoms with Gasteiger partial charge in [-0.3, -0.25) is 9.59 Å². The summed E-state index contributed by atoms with van der Waals surface area (Å²) in [5, 5.41) is 2.82. The first-order valence-corrected chi connectivity index (χ1v) is 7.29. The van der Waals surface area contributed by atoms with Gasteiger partial charge in [-0.25, -0.2) is 0 Å². The number of hydrogen-bond acceptors (Lipinski definition) is 2.